The van der Waals surface area contributed by atoms with Crippen molar-refractivity contribution in [3.8, 4) is 0 Å². The molecule has 118 valence electrons. The van der Waals surface area contributed by atoms with Gasteiger partial charge >= 0.3 is 0 Å². The Kier molecular flexibility index (Phi) is 3.78. The number of carbonyl (C=O) groups is 1. The standard InChI is InChI=1S/C21H22O2/c1-14(10-11-15-6-3-2-4-7-15)17-8-5-9-19-20-16(13-23-19)12-18(22)21(17)20/h2-4,6-8,16,19H,1,5,9-13H2/t16-,19+/m0/s1. The van der Waals surface area contributed by atoms with Crippen LogP contribution in [0.1, 0.15) is 31.2 Å². The molecule has 0 spiro atoms. The number of Topliss-reactive ketones (excluding diaryl/α,β-unsaturated/α-hetero) is 1. The van der Waals surface area contributed by atoms with Crippen LogP contribution in [0.4, 0.5) is 0 Å². The molecule has 1 aromatic rings. The lowest BCUT2D eigenvalue weighted by Gasteiger charge is -2.13. The third-order valence-corrected chi connectivity index (χ3v) is 5.27. The number of ketones is 1. The third kappa shape index (κ3) is 2.61. The molecule has 2 nitrogen and oxygen atoms in total. The summed E-state index contributed by atoms with van der Waals surface area (Å²) in [5.74, 6) is 0.623. The molecule has 4 rings (SSSR count). The molecule has 2 aliphatic carbocycles. The smallest absolute Gasteiger partial charge is 0.164 e. The molecule has 1 heterocycles. The zero-order valence-corrected chi connectivity index (χ0v) is 13.4. The van der Waals surface area contributed by atoms with Gasteiger partial charge in [-0.3, -0.25) is 4.79 Å². The van der Waals surface area contributed by atoms with Gasteiger partial charge in [0.2, 0.25) is 0 Å². The highest BCUT2D eigenvalue weighted by Gasteiger charge is 2.43. The normalized spacial score (nSPS) is 26.1. The number of allylic oxidation sites excluding steroid dienone is 4. The Morgan fingerprint density at radius 2 is 2.09 bits per heavy atom. The number of hydrogen-bond acceptors (Lipinski definition) is 2. The van der Waals surface area contributed by atoms with Crippen molar-refractivity contribution in [3.05, 3.63) is 70.8 Å². The maximum atomic E-state index is 12.5. The summed E-state index contributed by atoms with van der Waals surface area (Å²) in [7, 11) is 0. The van der Waals surface area contributed by atoms with Crippen LogP contribution in [0.15, 0.2) is 65.3 Å². The van der Waals surface area contributed by atoms with Crippen LogP contribution in [0.5, 0.6) is 0 Å². The monoisotopic (exact) mass is 306 g/mol. The fourth-order valence-corrected chi connectivity index (χ4v) is 4.12. The lowest BCUT2D eigenvalue weighted by Crippen LogP contribution is -2.09. The summed E-state index contributed by atoms with van der Waals surface area (Å²) >= 11 is 0. The van der Waals surface area contributed by atoms with E-state index in [1.165, 1.54) is 11.1 Å². The Morgan fingerprint density at radius 1 is 1.26 bits per heavy atom. The van der Waals surface area contributed by atoms with Gasteiger partial charge in [0.05, 0.1) is 12.7 Å². The minimum atomic E-state index is 0.164. The van der Waals surface area contributed by atoms with Gasteiger partial charge in [0.15, 0.2) is 5.78 Å². The topological polar surface area (TPSA) is 26.3 Å². The number of ether oxygens (including phenoxy) is 1. The summed E-state index contributed by atoms with van der Waals surface area (Å²) in [5, 5.41) is 0. The van der Waals surface area contributed by atoms with Crippen molar-refractivity contribution < 1.29 is 9.53 Å². The molecule has 0 saturated carbocycles. The molecule has 0 unspecified atom stereocenters. The average Bonchev–Trinajstić information content (AvgIpc) is 3.01. The lowest BCUT2D eigenvalue weighted by atomic mass is 9.91. The fourth-order valence-electron chi connectivity index (χ4n) is 4.12. The maximum Gasteiger partial charge on any atom is 0.164 e. The summed E-state index contributed by atoms with van der Waals surface area (Å²) in [6.07, 6.45) is 6.85. The van der Waals surface area contributed by atoms with Gasteiger partial charge < -0.3 is 4.74 Å². The second-order valence-electron chi connectivity index (χ2n) is 6.76. The summed E-state index contributed by atoms with van der Waals surface area (Å²) in [6.45, 7) is 5.03. The third-order valence-electron chi connectivity index (χ3n) is 5.27. The highest BCUT2D eigenvalue weighted by Crippen LogP contribution is 2.45. The number of carbonyl (C=O) groups excluding carboxylic acids is 1. The molecule has 23 heavy (non-hydrogen) atoms. The summed E-state index contributed by atoms with van der Waals surface area (Å²) < 4.78 is 5.90. The van der Waals surface area contributed by atoms with Gasteiger partial charge in [-0.1, -0.05) is 43.0 Å². The van der Waals surface area contributed by atoms with E-state index in [4.69, 9.17) is 4.74 Å². The first kappa shape index (κ1) is 14.6. The van der Waals surface area contributed by atoms with E-state index in [1.807, 2.05) is 6.07 Å². The van der Waals surface area contributed by atoms with E-state index in [0.717, 1.165) is 49.0 Å². The molecule has 1 fully saturated rings. The largest absolute Gasteiger partial charge is 0.373 e. The first-order chi connectivity index (χ1) is 11.2. The first-order valence-corrected chi connectivity index (χ1v) is 8.55. The van der Waals surface area contributed by atoms with E-state index in [9.17, 15) is 4.79 Å². The number of aryl methyl sites for hydroxylation is 1. The lowest BCUT2D eigenvalue weighted by molar-refractivity contribution is -0.115. The van der Waals surface area contributed by atoms with Crippen LogP contribution >= 0.6 is 0 Å². The zero-order chi connectivity index (χ0) is 15.8. The fraction of sp³-hybridized carbons (Fsp3) is 0.381. The van der Waals surface area contributed by atoms with Gasteiger partial charge in [-0.2, -0.15) is 0 Å². The van der Waals surface area contributed by atoms with Gasteiger partial charge in [-0.15, -0.1) is 0 Å². The average molecular weight is 306 g/mol. The zero-order valence-electron chi connectivity index (χ0n) is 13.4. The second-order valence-corrected chi connectivity index (χ2v) is 6.76. The summed E-state index contributed by atoms with van der Waals surface area (Å²) in [5.41, 5.74) is 5.75. The highest BCUT2D eigenvalue weighted by atomic mass is 16.5. The SMILES string of the molecule is C=C(CCc1ccccc1)C1=CCC[C@H]2OC[C@@H]3CC(=O)C1=C32. The molecule has 2 heteroatoms. The van der Waals surface area contributed by atoms with Crippen LogP contribution in [0.2, 0.25) is 0 Å². The summed E-state index contributed by atoms with van der Waals surface area (Å²) in [6, 6.07) is 10.5. The molecule has 0 aromatic heterocycles. The molecular weight excluding hydrogens is 284 g/mol. The predicted molar refractivity (Wildman–Crippen MR) is 91.1 cm³/mol. The second kappa shape index (κ2) is 5.93. The number of rotatable bonds is 4. The number of hydrogen-bond donors (Lipinski definition) is 0. The molecule has 0 amide bonds. The Balaban J connectivity index is 1.57. The molecule has 0 bridgehead atoms. The van der Waals surface area contributed by atoms with E-state index in [-0.39, 0.29) is 6.10 Å². The highest BCUT2D eigenvalue weighted by molar-refractivity contribution is 6.04. The molecule has 1 saturated heterocycles. The van der Waals surface area contributed by atoms with Gasteiger partial charge in [-0.25, -0.2) is 0 Å². The minimum absolute atomic E-state index is 0.164. The summed E-state index contributed by atoms with van der Waals surface area (Å²) in [4.78, 5) is 12.5. The van der Waals surface area contributed by atoms with Crippen LogP contribution in [0.3, 0.4) is 0 Å². The van der Waals surface area contributed by atoms with Crippen molar-refractivity contribution in [2.45, 2.75) is 38.2 Å². The van der Waals surface area contributed by atoms with Gasteiger partial charge in [0.1, 0.15) is 0 Å². The molecule has 0 N–H and O–H groups in total. The molecule has 1 aromatic carbocycles. The van der Waals surface area contributed by atoms with E-state index in [2.05, 4.69) is 36.9 Å². The van der Waals surface area contributed by atoms with Crippen molar-refractivity contribution in [2.24, 2.45) is 5.92 Å². The quantitative estimate of drug-likeness (QED) is 0.834. The van der Waals surface area contributed by atoms with E-state index in [1.54, 1.807) is 0 Å². The molecule has 0 radical (unpaired) electrons. The molecule has 3 aliphatic rings. The van der Waals surface area contributed by atoms with Crippen molar-refractivity contribution in [3.63, 3.8) is 0 Å². The maximum absolute atomic E-state index is 12.5. The Bertz CT molecular complexity index is 709. The van der Waals surface area contributed by atoms with Crippen molar-refractivity contribution in [2.75, 3.05) is 6.61 Å². The predicted octanol–water partition coefficient (Wildman–Crippen LogP) is 4.18. The van der Waals surface area contributed by atoms with Crippen molar-refractivity contribution in [1.29, 1.82) is 0 Å². The van der Waals surface area contributed by atoms with Gasteiger partial charge in [0, 0.05) is 17.9 Å². The van der Waals surface area contributed by atoms with Crippen LogP contribution in [-0.2, 0) is 16.0 Å². The Labute approximate surface area is 137 Å². The minimum Gasteiger partial charge on any atom is -0.373 e. The van der Waals surface area contributed by atoms with Gasteiger partial charge in [-0.05, 0) is 48.0 Å². The van der Waals surface area contributed by atoms with Crippen molar-refractivity contribution >= 4 is 5.78 Å². The van der Waals surface area contributed by atoms with Crippen LogP contribution in [0, 0.1) is 5.92 Å². The van der Waals surface area contributed by atoms with E-state index < -0.39 is 0 Å². The molecular formula is C21H22O2. The van der Waals surface area contributed by atoms with Crippen molar-refractivity contribution in [1.82, 2.24) is 0 Å². The van der Waals surface area contributed by atoms with Crippen LogP contribution in [0.25, 0.3) is 0 Å². The van der Waals surface area contributed by atoms with Gasteiger partial charge in [0.25, 0.3) is 0 Å². The first-order valence-electron chi connectivity index (χ1n) is 8.55. The Morgan fingerprint density at radius 3 is 2.91 bits per heavy atom. The molecule has 2 atom stereocenters. The van der Waals surface area contributed by atoms with E-state index in [0.29, 0.717) is 18.1 Å². The van der Waals surface area contributed by atoms with E-state index >= 15 is 0 Å². The Hall–Kier alpha value is -1.93. The van der Waals surface area contributed by atoms with Crippen LogP contribution < -0.4 is 0 Å². The molecule has 1 aliphatic heterocycles. The number of benzene rings is 1. The van der Waals surface area contributed by atoms with Crippen LogP contribution in [-0.4, -0.2) is 18.5 Å².